The molecular formula is C14H17N3O3. The van der Waals surface area contributed by atoms with Gasteiger partial charge in [0.25, 0.3) is 5.91 Å². The van der Waals surface area contributed by atoms with Crippen molar-refractivity contribution in [3.63, 3.8) is 0 Å². The van der Waals surface area contributed by atoms with E-state index < -0.39 is 0 Å². The maximum absolute atomic E-state index is 11.8. The minimum atomic E-state index is -0.197. The van der Waals surface area contributed by atoms with Gasteiger partial charge >= 0.3 is 0 Å². The van der Waals surface area contributed by atoms with Crippen molar-refractivity contribution < 1.29 is 14.3 Å². The van der Waals surface area contributed by atoms with E-state index in [4.69, 9.17) is 20.5 Å². The lowest BCUT2D eigenvalue weighted by Gasteiger charge is -2.23. The van der Waals surface area contributed by atoms with Crippen LogP contribution in [0, 0.1) is 11.3 Å². The van der Waals surface area contributed by atoms with Crippen LogP contribution in [0.15, 0.2) is 18.2 Å². The van der Waals surface area contributed by atoms with E-state index in [1.165, 1.54) is 6.07 Å². The summed E-state index contributed by atoms with van der Waals surface area (Å²) in [5.74, 6) is 0.168. The van der Waals surface area contributed by atoms with Crippen LogP contribution in [0.25, 0.3) is 0 Å². The Labute approximate surface area is 117 Å². The second-order valence-electron chi connectivity index (χ2n) is 4.61. The van der Waals surface area contributed by atoms with Gasteiger partial charge in [-0.1, -0.05) is 0 Å². The van der Waals surface area contributed by atoms with E-state index in [2.05, 4.69) is 5.32 Å². The Bertz CT molecular complexity index is 519. The Kier molecular flexibility index (Phi) is 4.80. The lowest BCUT2D eigenvalue weighted by atomic mass is 10.1. The zero-order chi connectivity index (χ0) is 14.4. The highest BCUT2D eigenvalue weighted by molar-refractivity contribution is 5.78. The van der Waals surface area contributed by atoms with Crippen molar-refractivity contribution in [2.45, 2.75) is 18.9 Å². The highest BCUT2D eigenvalue weighted by Crippen LogP contribution is 2.20. The molecule has 0 bridgehead atoms. The summed E-state index contributed by atoms with van der Waals surface area (Å²) >= 11 is 0. The quantitative estimate of drug-likeness (QED) is 0.793. The van der Waals surface area contributed by atoms with Gasteiger partial charge in [-0.15, -0.1) is 0 Å². The molecule has 1 aliphatic rings. The standard InChI is InChI=1S/C14H17N3O3/c15-8-10-7-11(16)1-2-13(10)20-9-14(18)17-12-3-5-19-6-4-12/h1-2,7,12H,3-6,9,16H2,(H,17,18). The average molecular weight is 275 g/mol. The zero-order valence-electron chi connectivity index (χ0n) is 11.1. The minimum Gasteiger partial charge on any atom is -0.482 e. The van der Waals surface area contributed by atoms with Crippen LogP contribution in [0.1, 0.15) is 18.4 Å². The Balaban J connectivity index is 1.85. The Morgan fingerprint density at radius 2 is 2.25 bits per heavy atom. The van der Waals surface area contributed by atoms with Gasteiger partial charge in [0.15, 0.2) is 6.61 Å². The molecule has 0 saturated carbocycles. The summed E-state index contributed by atoms with van der Waals surface area (Å²) in [6.07, 6.45) is 1.63. The highest BCUT2D eigenvalue weighted by Gasteiger charge is 2.16. The number of nitrogens with zero attached hydrogens (tertiary/aromatic N) is 1. The molecule has 1 aromatic rings. The van der Waals surface area contributed by atoms with Gasteiger partial charge in [0.05, 0.1) is 5.56 Å². The first-order valence-electron chi connectivity index (χ1n) is 6.48. The van der Waals surface area contributed by atoms with Gasteiger partial charge in [0.2, 0.25) is 0 Å². The monoisotopic (exact) mass is 275 g/mol. The van der Waals surface area contributed by atoms with E-state index in [9.17, 15) is 4.79 Å². The van der Waals surface area contributed by atoms with Gasteiger partial charge in [-0.3, -0.25) is 4.79 Å². The van der Waals surface area contributed by atoms with E-state index in [-0.39, 0.29) is 18.6 Å². The number of nitrogen functional groups attached to an aromatic ring is 1. The number of hydrogen-bond acceptors (Lipinski definition) is 5. The minimum absolute atomic E-state index is 0.115. The summed E-state index contributed by atoms with van der Waals surface area (Å²) < 4.78 is 10.6. The third-order valence-electron chi connectivity index (χ3n) is 3.07. The van der Waals surface area contributed by atoms with Crippen molar-refractivity contribution in [1.82, 2.24) is 5.32 Å². The third kappa shape index (κ3) is 3.87. The van der Waals surface area contributed by atoms with Crippen molar-refractivity contribution in [2.24, 2.45) is 0 Å². The summed E-state index contributed by atoms with van der Waals surface area (Å²) in [5.41, 5.74) is 6.39. The van der Waals surface area contributed by atoms with E-state index in [1.807, 2.05) is 6.07 Å². The molecule has 1 fully saturated rings. The SMILES string of the molecule is N#Cc1cc(N)ccc1OCC(=O)NC1CCOCC1. The molecule has 1 saturated heterocycles. The number of amides is 1. The van der Waals surface area contributed by atoms with E-state index in [0.29, 0.717) is 30.2 Å². The number of nitrogens with one attached hydrogen (secondary N) is 1. The number of anilines is 1. The molecule has 20 heavy (non-hydrogen) atoms. The number of carbonyl (C=O) groups excluding carboxylic acids is 1. The molecule has 1 heterocycles. The first-order valence-corrected chi connectivity index (χ1v) is 6.48. The van der Waals surface area contributed by atoms with E-state index in [0.717, 1.165) is 12.8 Å². The zero-order valence-corrected chi connectivity index (χ0v) is 11.1. The Morgan fingerprint density at radius 1 is 1.50 bits per heavy atom. The van der Waals surface area contributed by atoms with E-state index in [1.54, 1.807) is 12.1 Å². The average Bonchev–Trinajstić information content (AvgIpc) is 2.47. The van der Waals surface area contributed by atoms with Gasteiger partial charge in [0.1, 0.15) is 11.8 Å². The lowest BCUT2D eigenvalue weighted by Crippen LogP contribution is -2.41. The molecule has 3 N–H and O–H groups in total. The molecule has 106 valence electrons. The second-order valence-corrected chi connectivity index (χ2v) is 4.61. The van der Waals surface area contributed by atoms with Crippen molar-refractivity contribution in [2.75, 3.05) is 25.6 Å². The maximum atomic E-state index is 11.8. The van der Waals surface area contributed by atoms with Crippen LogP contribution in [0.3, 0.4) is 0 Å². The summed E-state index contributed by atoms with van der Waals surface area (Å²) in [7, 11) is 0. The fourth-order valence-electron chi connectivity index (χ4n) is 2.02. The molecule has 6 nitrogen and oxygen atoms in total. The molecule has 1 aromatic carbocycles. The molecule has 0 spiro atoms. The maximum Gasteiger partial charge on any atom is 0.258 e. The summed E-state index contributed by atoms with van der Waals surface area (Å²) in [5, 5.41) is 11.9. The van der Waals surface area contributed by atoms with Gasteiger partial charge in [-0.2, -0.15) is 5.26 Å². The summed E-state index contributed by atoms with van der Waals surface area (Å²) in [4.78, 5) is 11.8. The number of nitriles is 1. The number of benzene rings is 1. The Morgan fingerprint density at radius 3 is 2.95 bits per heavy atom. The van der Waals surface area contributed by atoms with Gasteiger partial charge in [0, 0.05) is 24.9 Å². The van der Waals surface area contributed by atoms with Crippen LogP contribution in [0.5, 0.6) is 5.75 Å². The second kappa shape index (κ2) is 6.78. The van der Waals surface area contributed by atoms with Gasteiger partial charge in [-0.25, -0.2) is 0 Å². The molecule has 1 aliphatic heterocycles. The topological polar surface area (TPSA) is 97.4 Å². The molecule has 6 heteroatoms. The fraction of sp³-hybridized carbons (Fsp3) is 0.429. The molecule has 0 aromatic heterocycles. The number of ether oxygens (including phenoxy) is 2. The third-order valence-corrected chi connectivity index (χ3v) is 3.07. The van der Waals surface area contributed by atoms with Gasteiger partial charge < -0.3 is 20.5 Å². The first-order chi connectivity index (χ1) is 9.69. The molecule has 0 aliphatic carbocycles. The first kappa shape index (κ1) is 14.2. The molecular weight excluding hydrogens is 258 g/mol. The predicted octanol–water partition coefficient (Wildman–Crippen LogP) is 0.814. The van der Waals surface area contributed by atoms with Crippen LogP contribution in [-0.4, -0.2) is 31.8 Å². The summed E-state index contributed by atoms with van der Waals surface area (Å²) in [6, 6.07) is 6.87. The molecule has 2 rings (SSSR count). The molecule has 1 amide bonds. The van der Waals surface area contributed by atoms with Crippen LogP contribution in [0.4, 0.5) is 5.69 Å². The smallest absolute Gasteiger partial charge is 0.258 e. The Hall–Kier alpha value is -2.26. The number of nitrogens with two attached hydrogens (primary N) is 1. The predicted molar refractivity (Wildman–Crippen MR) is 73.0 cm³/mol. The molecule has 0 unspecified atom stereocenters. The van der Waals surface area contributed by atoms with Crippen molar-refractivity contribution in [1.29, 1.82) is 5.26 Å². The van der Waals surface area contributed by atoms with Gasteiger partial charge in [-0.05, 0) is 31.0 Å². The lowest BCUT2D eigenvalue weighted by molar-refractivity contribution is -0.124. The van der Waals surface area contributed by atoms with Crippen LogP contribution >= 0.6 is 0 Å². The normalized spacial score (nSPS) is 15.3. The number of hydrogen-bond donors (Lipinski definition) is 2. The summed E-state index contributed by atoms with van der Waals surface area (Å²) in [6.45, 7) is 1.22. The molecule has 0 atom stereocenters. The van der Waals surface area contributed by atoms with Crippen molar-refractivity contribution in [3.8, 4) is 11.8 Å². The highest BCUT2D eigenvalue weighted by atomic mass is 16.5. The largest absolute Gasteiger partial charge is 0.482 e. The van der Waals surface area contributed by atoms with Crippen molar-refractivity contribution >= 4 is 11.6 Å². The number of carbonyl (C=O) groups is 1. The van der Waals surface area contributed by atoms with Crippen molar-refractivity contribution in [3.05, 3.63) is 23.8 Å². The van der Waals surface area contributed by atoms with Crippen LogP contribution in [-0.2, 0) is 9.53 Å². The van der Waals surface area contributed by atoms with Crippen LogP contribution < -0.4 is 15.8 Å². The van der Waals surface area contributed by atoms with E-state index >= 15 is 0 Å². The van der Waals surface area contributed by atoms with Crippen LogP contribution in [0.2, 0.25) is 0 Å². The fourth-order valence-corrected chi connectivity index (χ4v) is 2.02. The number of rotatable bonds is 4. The molecule has 0 radical (unpaired) electrons.